The third kappa shape index (κ3) is 4.13. The second-order valence-electron chi connectivity index (χ2n) is 8.66. The Bertz CT molecular complexity index is 1160. The van der Waals surface area contributed by atoms with Crippen LogP contribution < -0.4 is 0 Å². The fraction of sp³-hybridized carbons (Fsp3) is 0.231. The van der Waals surface area contributed by atoms with E-state index >= 15 is 0 Å². The first kappa shape index (κ1) is 20.3. The van der Waals surface area contributed by atoms with Gasteiger partial charge in [0.2, 0.25) is 0 Å². The number of fused-ring (bicyclic) bond motifs is 1. The van der Waals surface area contributed by atoms with Crippen molar-refractivity contribution in [1.29, 1.82) is 0 Å². The van der Waals surface area contributed by atoms with Gasteiger partial charge in [0.25, 0.3) is 0 Å². The van der Waals surface area contributed by atoms with Gasteiger partial charge in [-0.2, -0.15) is 13.2 Å². The number of hydrogen-bond donors (Lipinski definition) is 0. The summed E-state index contributed by atoms with van der Waals surface area (Å²) in [6, 6.07) is 23.1. The van der Waals surface area contributed by atoms with E-state index in [4.69, 9.17) is 0 Å². The third-order valence-corrected chi connectivity index (χ3v) is 5.40. The summed E-state index contributed by atoms with van der Waals surface area (Å²) in [4.78, 5) is 0. The zero-order valence-electron chi connectivity index (χ0n) is 17.2. The van der Waals surface area contributed by atoms with Gasteiger partial charge in [0.1, 0.15) is 0 Å². The van der Waals surface area contributed by atoms with Crippen LogP contribution in [0.5, 0.6) is 0 Å². The highest BCUT2D eigenvalue weighted by atomic mass is 19.4. The third-order valence-electron chi connectivity index (χ3n) is 5.40. The normalized spacial score (nSPS) is 12.5. The summed E-state index contributed by atoms with van der Waals surface area (Å²) < 4.78 is 40.6. The van der Waals surface area contributed by atoms with Crippen LogP contribution >= 0.6 is 0 Å². The van der Waals surface area contributed by atoms with Crippen molar-refractivity contribution in [1.82, 2.24) is 4.57 Å². The molecule has 4 aromatic rings. The minimum atomic E-state index is -4.32. The first-order chi connectivity index (χ1) is 14.1. The van der Waals surface area contributed by atoms with Gasteiger partial charge < -0.3 is 4.57 Å². The average molecular weight is 406 g/mol. The van der Waals surface area contributed by atoms with Crippen molar-refractivity contribution in [2.24, 2.45) is 0 Å². The molecule has 153 valence electrons. The zero-order valence-corrected chi connectivity index (χ0v) is 17.2. The Kier molecular flexibility index (Phi) is 4.97. The minimum absolute atomic E-state index is 0.114. The molecule has 30 heavy (non-hydrogen) atoms. The van der Waals surface area contributed by atoms with Crippen LogP contribution in [0.2, 0.25) is 0 Å². The quantitative estimate of drug-likeness (QED) is 0.332. The van der Waals surface area contributed by atoms with Crippen LogP contribution in [-0.4, -0.2) is 4.57 Å². The van der Waals surface area contributed by atoms with Gasteiger partial charge in [0.05, 0.1) is 5.56 Å². The average Bonchev–Trinajstić information content (AvgIpc) is 3.09. The first-order valence-corrected chi connectivity index (χ1v) is 9.89. The van der Waals surface area contributed by atoms with Crippen molar-refractivity contribution < 1.29 is 13.2 Å². The van der Waals surface area contributed by atoms with E-state index in [9.17, 15) is 13.2 Å². The number of benzene rings is 3. The molecular weight excluding hydrogens is 383 g/mol. The van der Waals surface area contributed by atoms with Crippen molar-refractivity contribution in [2.45, 2.75) is 38.9 Å². The van der Waals surface area contributed by atoms with Gasteiger partial charge in [0, 0.05) is 29.7 Å². The standard InChI is InChI=1S/C26H23F3N/c1-25(2,3)22-10-4-18(5-11-22)17-30-15-14-20-6-7-21(16-24(20)30)19-8-12-23(13-9-19)26(27,28)29/h4-13,15-16H,17H2,1-3H3. The van der Waals surface area contributed by atoms with E-state index in [-0.39, 0.29) is 5.41 Å². The molecule has 3 aromatic carbocycles. The van der Waals surface area contributed by atoms with Crippen molar-refractivity contribution in [3.8, 4) is 11.1 Å². The van der Waals surface area contributed by atoms with Crippen LogP contribution in [0.25, 0.3) is 22.0 Å². The molecule has 0 fully saturated rings. The molecule has 0 aliphatic rings. The fourth-order valence-electron chi connectivity index (χ4n) is 3.58. The maximum Gasteiger partial charge on any atom is 0.416 e. The van der Waals surface area contributed by atoms with Crippen LogP contribution in [0, 0.1) is 6.07 Å². The number of alkyl halides is 3. The summed E-state index contributed by atoms with van der Waals surface area (Å²) in [6.45, 7) is 7.29. The molecule has 1 nitrogen and oxygen atoms in total. The highest BCUT2D eigenvalue weighted by molar-refractivity contribution is 5.85. The lowest BCUT2D eigenvalue weighted by Crippen LogP contribution is -2.10. The molecule has 0 spiro atoms. The summed E-state index contributed by atoms with van der Waals surface area (Å²) >= 11 is 0. The number of aromatic nitrogens is 1. The topological polar surface area (TPSA) is 4.93 Å². The van der Waals surface area contributed by atoms with Gasteiger partial charge in [-0.1, -0.05) is 69.3 Å². The predicted molar refractivity (Wildman–Crippen MR) is 115 cm³/mol. The molecule has 1 radical (unpaired) electrons. The second-order valence-corrected chi connectivity index (χ2v) is 8.66. The Labute approximate surface area is 174 Å². The van der Waals surface area contributed by atoms with E-state index in [1.165, 1.54) is 23.3 Å². The van der Waals surface area contributed by atoms with Crippen LogP contribution in [-0.2, 0) is 18.1 Å². The highest BCUT2D eigenvalue weighted by Crippen LogP contribution is 2.32. The molecule has 0 aliphatic carbocycles. The molecule has 0 unspecified atom stereocenters. The zero-order chi connectivity index (χ0) is 21.5. The maximum atomic E-state index is 12.8. The van der Waals surface area contributed by atoms with Crippen molar-refractivity contribution in [3.63, 3.8) is 0 Å². The van der Waals surface area contributed by atoms with Crippen molar-refractivity contribution in [3.05, 3.63) is 95.7 Å². The monoisotopic (exact) mass is 406 g/mol. The summed E-state index contributed by atoms with van der Waals surface area (Å²) in [5.74, 6) is 0. The summed E-state index contributed by atoms with van der Waals surface area (Å²) in [5, 5.41) is 0.983. The van der Waals surface area contributed by atoms with E-state index in [1.54, 1.807) is 0 Å². The van der Waals surface area contributed by atoms with E-state index < -0.39 is 11.7 Å². The largest absolute Gasteiger partial charge is 0.416 e. The van der Waals surface area contributed by atoms with Crippen LogP contribution in [0.1, 0.15) is 37.5 Å². The van der Waals surface area contributed by atoms with Gasteiger partial charge in [-0.05, 0) is 45.9 Å². The van der Waals surface area contributed by atoms with Crippen LogP contribution in [0.15, 0.2) is 72.9 Å². The van der Waals surface area contributed by atoms with Gasteiger partial charge in [0.15, 0.2) is 0 Å². The Morgan fingerprint density at radius 3 is 1.97 bits per heavy atom. The Hall–Kier alpha value is -3.01. The SMILES string of the molecule is CC(C)(C)c1ccc(Cn2c[c]c3ccc(-c4ccc(C(F)(F)F)cc4)cc32)cc1. The molecule has 0 atom stereocenters. The van der Waals surface area contributed by atoms with Crippen LogP contribution in [0.3, 0.4) is 0 Å². The Balaban J connectivity index is 1.63. The molecular formula is C26H23F3N. The number of hydrogen-bond acceptors (Lipinski definition) is 0. The lowest BCUT2D eigenvalue weighted by atomic mass is 9.87. The molecule has 4 heteroatoms. The van der Waals surface area contributed by atoms with E-state index in [2.05, 4.69) is 55.7 Å². The Morgan fingerprint density at radius 1 is 0.767 bits per heavy atom. The minimum Gasteiger partial charge on any atom is -0.342 e. The van der Waals surface area contributed by atoms with E-state index in [0.717, 1.165) is 34.2 Å². The maximum absolute atomic E-state index is 12.8. The molecule has 4 rings (SSSR count). The number of halogens is 3. The van der Waals surface area contributed by atoms with Gasteiger partial charge in [-0.15, -0.1) is 0 Å². The molecule has 0 bridgehead atoms. The van der Waals surface area contributed by atoms with Gasteiger partial charge >= 0.3 is 6.18 Å². The first-order valence-electron chi connectivity index (χ1n) is 9.89. The van der Waals surface area contributed by atoms with Crippen molar-refractivity contribution in [2.75, 3.05) is 0 Å². The summed E-state index contributed by atoms with van der Waals surface area (Å²) in [7, 11) is 0. The molecule has 1 aromatic heterocycles. The predicted octanol–water partition coefficient (Wildman–Crippen LogP) is 7.47. The number of rotatable bonds is 3. The molecule has 1 heterocycles. The fourth-order valence-corrected chi connectivity index (χ4v) is 3.58. The summed E-state index contributed by atoms with van der Waals surface area (Å²) in [6.07, 6.45) is -2.40. The smallest absolute Gasteiger partial charge is 0.342 e. The van der Waals surface area contributed by atoms with Crippen molar-refractivity contribution >= 4 is 10.9 Å². The number of nitrogens with zero attached hydrogens (tertiary/aromatic N) is 1. The summed E-state index contributed by atoms with van der Waals surface area (Å²) in [5.41, 5.74) is 4.60. The van der Waals surface area contributed by atoms with Gasteiger partial charge in [-0.3, -0.25) is 0 Å². The molecule has 0 saturated carbocycles. The lowest BCUT2D eigenvalue weighted by Gasteiger charge is -2.19. The van der Waals surface area contributed by atoms with Crippen LogP contribution in [0.4, 0.5) is 13.2 Å². The van der Waals surface area contributed by atoms with Gasteiger partial charge in [-0.25, -0.2) is 0 Å². The second kappa shape index (κ2) is 7.35. The van der Waals surface area contributed by atoms with E-state index in [0.29, 0.717) is 6.54 Å². The molecule has 0 amide bonds. The Morgan fingerprint density at radius 2 is 1.37 bits per heavy atom. The lowest BCUT2D eigenvalue weighted by molar-refractivity contribution is -0.137. The van der Waals surface area contributed by atoms with E-state index in [1.807, 2.05) is 24.4 Å². The molecule has 0 N–H and O–H groups in total. The molecule has 0 aliphatic heterocycles. The molecule has 0 saturated heterocycles. The highest BCUT2D eigenvalue weighted by Gasteiger charge is 2.30.